The van der Waals surface area contributed by atoms with Crippen molar-refractivity contribution in [1.82, 2.24) is 15.3 Å². The number of hydrogen-bond donors (Lipinski definition) is 1. The van der Waals surface area contributed by atoms with Crippen molar-refractivity contribution < 1.29 is 0 Å². The largest absolute Gasteiger partial charge is 0.272 e. The number of benzene rings is 1. The van der Waals surface area contributed by atoms with Crippen molar-refractivity contribution in [1.29, 1.82) is 0 Å². The molecule has 70 valence electrons. The molecular weight excluding hydrogens is 162 g/mol. The highest BCUT2D eigenvalue weighted by atomic mass is 15.7. The Labute approximate surface area is 78.9 Å². The van der Waals surface area contributed by atoms with Gasteiger partial charge in [0.1, 0.15) is 0 Å². The first kappa shape index (κ1) is 8.69. The molecule has 1 saturated heterocycles. The molecule has 1 heterocycles. The van der Waals surface area contributed by atoms with Crippen molar-refractivity contribution in [3.63, 3.8) is 0 Å². The molecule has 1 atom stereocenters. The summed E-state index contributed by atoms with van der Waals surface area (Å²) in [6, 6.07) is 10.5. The number of nitrogens with zero attached hydrogens (tertiary/aromatic N) is 2. The van der Waals surface area contributed by atoms with E-state index < -0.39 is 0 Å². The molecule has 0 radical (unpaired) electrons. The Morgan fingerprint density at radius 1 is 1.23 bits per heavy atom. The summed E-state index contributed by atoms with van der Waals surface area (Å²) in [6.07, 6.45) is 0.325. The Hall–Kier alpha value is -0.900. The van der Waals surface area contributed by atoms with Gasteiger partial charge in [0.15, 0.2) is 0 Å². The lowest BCUT2D eigenvalue weighted by molar-refractivity contribution is 0.282. The molecule has 1 aliphatic heterocycles. The van der Waals surface area contributed by atoms with Crippen LogP contribution in [0.2, 0.25) is 0 Å². The first-order valence-electron chi connectivity index (χ1n) is 4.50. The van der Waals surface area contributed by atoms with E-state index in [9.17, 15) is 0 Å². The Morgan fingerprint density at radius 3 is 2.46 bits per heavy atom. The van der Waals surface area contributed by atoms with Crippen LogP contribution in [0.1, 0.15) is 11.7 Å². The minimum Gasteiger partial charge on any atom is -0.272 e. The average molecular weight is 177 g/mol. The zero-order valence-electron chi connectivity index (χ0n) is 8.07. The molecule has 3 nitrogen and oxygen atoms in total. The van der Waals surface area contributed by atoms with E-state index in [1.165, 1.54) is 5.56 Å². The lowest BCUT2D eigenvalue weighted by Gasteiger charge is -2.17. The predicted octanol–water partition coefficient (Wildman–Crippen LogP) is 1.02. The number of nitrogens with one attached hydrogen (secondary N) is 1. The van der Waals surface area contributed by atoms with Gasteiger partial charge in [-0.25, -0.2) is 10.4 Å². The monoisotopic (exact) mass is 177 g/mol. The van der Waals surface area contributed by atoms with Gasteiger partial charge in [0, 0.05) is 7.05 Å². The molecule has 0 bridgehead atoms. The topological polar surface area (TPSA) is 18.5 Å². The molecule has 3 heteroatoms. The Bertz CT molecular complexity index is 273. The van der Waals surface area contributed by atoms with Crippen LogP contribution >= 0.6 is 0 Å². The van der Waals surface area contributed by atoms with Crippen molar-refractivity contribution in [2.75, 3.05) is 20.8 Å². The van der Waals surface area contributed by atoms with E-state index in [-0.39, 0.29) is 0 Å². The highest BCUT2D eigenvalue weighted by Crippen LogP contribution is 2.20. The zero-order chi connectivity index (χ0) is 9.26. The zero-order valence-corrected chi connectivity index (χ0v) is 8.07. The van der Waals surface area contributed by atoms with Crippen LogP contribution in [0.5, 0.6) is 0 Å². The van der Waals surface area contributed by atoms with Gasteiger partial charge in [-0.15, -0.1) is 0 Å². The van der Waals surface area contributed by atoms with Gasteiger partial charge in [-0.1, -0.05) is 30.3 Å². The van der Waals surface area contributed by atoms with Gasteiger partial charge in [-0.3, -0.25) is 4.90 Å². The van der Waals surface area contributed by atoms with E-state index in [1.54, 1.807) is 0 Å². The molecule has 1 aromatic rings. The van der Waals surface area contributed by atoms with Crippen LogP contribution < -0.4 is 5.43 Å². The molecule has 0 aliphatic carbocycles. The first-order chi connectivity index (χ1) is 6.27. The first-order valence-corrected chi connectivity index (χ1v) is 4.50. The van der Waals surface area contributed by atoms with E-state index in [2.05, 4.69) is 53.7 Å². The predicted molar refractivity (Wildman–Crippen MR) is 52.7 cm³/mol. The van der Waals surface area contributed by atoms with Crippen molar-refractivity contribution in [2.45, 2.75) is 6.17 Å². The summed E-state index contributed by atoms with van der Waals surface area (Å²) in [5.74, 6) is 0. The molecular formula is C10H15N3. The summed E-state index contributed by atoms with van der Waals surface area (Å²) >= 11 is 0. The van der Waals surface area contributed by atoms with Gasteiger partial charge in [-0.05, 0) is 12.6 Å². The Balaban J connectivity index is 2.18. The second-order valence-corrected chi connectivity index (χ2v) is 3.54. The second-order valence-electron chi connectivity index (χ2n) is 3.54. The van der Waals surface area contributed by atoms with Gasteiger partial charge in [-0.2, -0.15) is 0 Å². The van der Waals surface area contributed by atoms with Crippen LogP contribution in [0, 0.1) is 0 Å². The van der Waals surface area contributed by atoms with Crippen LogP contribution in [-0.4, -0.2) is 30.7 Å². The van der Waals surface area contributed by atoms with Crippen molar-refractivity contribution >= 4 is 0 Å². The summed E-state index contributed by atoms with van der Waals surface area (Å²) < 4.78 is 0. The van der Waals surface area contributed by atoms with Crippen LogP contribution in [-0.2, 0) is 0 Å². The van der Waals surface area contributed by atoms with E-state index in [1.807, 2.05) is 6.07 Å². The minimum atomic E-state index is 0.325. The fraction of sp³-hybridized carbons (Fsp3) is 0.400. The lowest BCUT2D eigenvalue weighted by Crippen LogP contribution is -2.28. The third-order valence-corrected chi connectivity index (χ3v) is 2.33. The quantitative estimate of drug-likeness (QED) is 0.691. The van der Waals surface area contributed by atoms with Gasteiger partial charge in [0.25, 0.3) is 0 Å². The summed E-state index contributed by atoms with van der Waals surface area (Å²) in [7, 11) is 4.17. The van der Waals surface area contributed by atoms with Gasteiger partial charge < -0.3 is 0 Å². The van der Waals surface area contributed by atoms with Gasteiger partial charge in [0.05, 0.1) is 12.8 Å². The summed E-state index contributed by atoms with van der Waals surface area (Å²) in [5, 5.41) is 2.09. The molecule has 0 amide bonds. The van der Waals surface area contributed by atoms with Crippen LogP contribution in [0.4, 0.5) is 0 Å². The maximum absolute atomic E-state index is 3.38. The fourth-order valence-corrected chi connectivity index (χ4v) is 1.73. The maximum atomic E-state index is 3.38. The Morgan fingerprint density at radius 2 is 1.92 bits per heavy atom. The molecule has 1 N–H and O–H groups in total. The SMILES string of the molecule is CN1CN(C)C(c2ccccc2)N1. The molecule has 1 fully saturated rings. The molecule has 1 aromatic carbocycles. The molecule has 13 heavy (non-hydrogen) atoms. The van der Waals surface area contributed by atoms with Crippen molar-refractivity contribution in [3.05, 3.63) is 35.9 Å². The standard InChI is InChI=1S/C10H15N3/c1-12-8-13(2)11-10(12)9-6-4-3-5-7-9/h3-7,10-11H,8H2,1-2H3. The second kappa shape index (κ2) is 3.46. The highest BCUT2D eigenvalue weighted by Gasteiger charge is 2.24. The van der Waals surface area contributed by atoms with Crippen molar-refractivity contribution in [2.24, 2.45) is 0 Å². The third kappa shape index (κ3) is 1.72. The minimum absolute atomic E-state index is 0.325. The van der Waals surface area contributed by atoms with E-state index >= 15 is 0 Å². The average Bonchev–Trinajstić information content (AvgIpc) is 2.47. The van der Waals surface area contributed by atoms with E-state index in [0.717, 1.165) is 6.67 Å². The normalized spacial score (nSPS) is 25.2. The number of hydrazine groups is 1. The van der Waals surface area contributed by atoms with Gasteiger partial charge >= 0.3 is 0 Å². The van der Waals surface area contributed by atoms with Gasteiger partial charge in [0.2, 0.25) is 0 Å². The van der Waals surface area contributed by atoms with Crippen LogP contribution in [0.3, 0.4) is 0 Å². The van der Waals surface area contributed by atoms with Crippen LogP contribution in [0.15, 0.2) is 30.3 Å². The van der Waals surface area contributed by atoms with Crippen LogP contribution in [0.25, 0.3) is 0 Å². The number of rotatable bonds is 1. The molecule has 2 rings (SSSR count). The molecule has 0 saturated carbocycles. The fourth-order valence-electron chi connectivity index (χ4n) is 1.73. The number of hydrogen-bond acceptors (Lipinski definition) is 3. The molecule has 1 unspecified atom stereocenters. The lowest BCUT2D eigenvalue weighted by atomic mass is 10.2. The van der Waals surface area contributed by atoms with E-state index in [0.29, 0.717) is 6.17 Å². The molecule has 0 spiro atoms. The third-order valence-electron chi connectivity index (χ3n) is 2.33. The summed E-state index contributed by atoms with van der Waals surface area (Å²) in [6.45, 7) is 0.958. The smallest absolute Gasteiger partial charge is 0.0999 e. The molecule has 1 aliphatic rings. The summed E-state index contributed by atoms with van der Waals surface area (Å²) in [5.41, 5.74) is 4.69. The van der Waals surface area contributed by atoms with E-state index in [4.69, 9.17) is 0 Å². The highest BCUT2D eigenvalue weighted by molar-refractivity contribution is 5.18. The summed E-state index contributed by atoms with van der Waals surface area (Å²) in [4.78, 5) is 2.27. The molecule has 0 aromatic heterocycles. The van der Waals surface area contributed by atoms with Crippen molar-refractivity contribution in [3.8, 4) is 0 Å². The maximum Gasteiger partial charge on any atom is 0.0999 e. The Kier molecular flexibility index (Phi) is 2.31.